The number of carbonyl (C=O) groups excluding carboxylic acids is 1. The molecular formula is C22H24Cl2N2O3S. The van der Waals surface area contributed by atoms with Gasteiger partial charge in [0, 0.05) is 19.0 Å². The van der Waals surface area contributed by atoms with E-state index in [1.165, 1.54) is 16.4 Å². The van der Waals surface area contributed by atoms with Crippen molar-refractivity contribution in [2.75, 3.05) is 13.1 Å². The predicted molar refractivity (Wildman–Crippen MR) is 118 cm³/mol. The van der Waals surface area contributed by atoms with Crippen molar-refractivity contribution in [2.24, 2.45) is 11.8 Å². The van der Waals surface area contributed by atoms with Crippen LogP contribution in [0.5, 0.6) is 0 Å². The van der Waals surface area contributed by atoms with Crippen molar-refractivity contribution in [3.05, 3.63) is 64.1 Å². The lowest BCUT2D eigenvalue weighted by atomic mass is 9.95. The summed E-state index contributed by atoms with van der Waals surface area (Å²) in [6.07, 6.45) is 3.18. The molecule has 2 fully saturated rings. The minimum Gasteiger partial charge on any atom is -0.349 e. The molecule has 2 aromatic carbocycles. The van der Waals surface area contributed by atoms with Gasteiger partial charge in [-0.05, 0) is 49.3 Å². The molecule has 4 rings (SSSR count). The van der Waals surface area contributed by atoms with Gasteiger partial charge in [0.05, 0.1) is 16.1 Å². The summed E-state index contributed by atoms with van der Waals surface area (Å²) in [4.78, 5) is 12.9. The van der Waals surface area contributed by atoms with Gasteiger partial charge in [-0.1, -0.05) is 59.6 Å². The Morgan fingerprint density at radius 2 is 1.53 bits per heavy atom. The normalized spacial score (nSPS) is 19.4. The Balaban J connectivity index is 1.41. The highest BCUT2D eigenvalue weighted by Gasteiger charge is 2.37. The fraction of sp³-hybridized carbons (Fsp3) is 0.409. The molecule has 0 aromatic heterocycles. The van der Waals surface area contributed by atoms with Crippen LogP contribution in [-0.4, -0.2) is 31.7 Å². The number of rotatable bonds is 6. The molecule has 1 saturated carbocycles. The number of benzene rings is 2. The zero-order valence-electron chi connectivity index (χ0n) is 16.4. The van der Waals surface area contributed by atoms with E-state index in [9.17, 15) is 13.2 Å². The van der Waals surface area contributed by atoms with E-state index in [-0.39, 0.29) is 45.9 Å². The minimum absolute atomic E-state index is 0.00331. The Morgan fingerprint density at radius 1 is 0.933 bits per heavy atom. The molecule has 1 aliphatic heterocycles. The number of carbonyl (C=O) groups is 1. The van der Waals surface area contributed by atoms with Crippen molar-refractivity contribution >= 4 is 39.1 Å². The molecular weight excluding hydrogens is 443 g/mol. The van der Waals surface area contributed by atoms with Crippen molar-refractivity contribution in [1.82, 2.24) is 9.62 Å². The summed E-state index contributed by atoms with van der Waals surface area (Å²) >= 11 is 12.2. The van der Waals surface area contributed by atoms with Gasteiger partial charge in [0.2, 0.25) is 15.9 Å². The standard InChI is InChI=1S/C22H24Cl2N2O3S/c23-18-7-4-8-19(24)21(18)30(28,29)26-13-11-17(12-14-26)22(27)25-20(16-9-10-16)15-5-2-1-3-6-15/h1-8,16-17,20H,9-14H2,(H,25,27)/t20-/m0/s1. The van der Waals surface area contributed by atoms with Gasteiger partial charge in [-0.15, -0.1) is 0 Å². The topological polar surface area (TPSA) is 66.5 Å². The van der Waals surface area contributed by atoms with Crippen molar-refractivity contribution in [3.63, 3.8) is 0 Å². The fourth-order valence-electron chi connectivity index (χ4n) is 4.05. The van der Waals surface area contributed by atoms with Crippen LogP contribution in [0.1, 0.15) is 37.3 Å². The summed E-state index contributed by atoms with van der Waals surface area (Å²) in [6, 6.07) is 14.7. The Bertz CT molecular complexity index is 998. The second kappa shape index (κ2) is 8.87. The van der Waals surface area contributed by atoms with E-state index in [0.717, 1.165) is 18.4 Å². The van der Waals surface area contributed by atoms with Crippen LogP contribution in [0.4, 0.5) is 0 Å². The second-order valence-corrected chi connectivity index (χ2v) is 10.7. The lowest BCUT2D eigenvalue weighted by Crippen LogP contribution is -2.44. The lowest BCUT2D eigenvalue weighted by Gasteiger charge is -2.32. The molecule has 1 aliphatic carbocycles. The number of sulfonamides is 1. The summed E-state index contributed by atoms with van der Waals surface area (Å²) in [5.41, 5.74) is 1.13. The van der Waals surface area contributed by atoms with Crippen molar-refractivity contribution in [3.8, 4) is 0 Å². The Morgan fingerprint density at radius 3 is 2.10 bits per heavy atom. The van der Waals surface area contributed by atoms with E-state index >= 15 is 0 Å². The van der Waals surface area contributed by atoms with E-state index in [1.807, 2.05) is 30.3 Å². The van der Waals surface area contributed by atoms with E-state index in [4.69, 9.17) is 23.2 Å². The molecule has 0 bridgehead atoms. The SMILES string of the molecule is O=C(N[C@@H](c1ccccc1)C1CC1)C1CCN(S(=O)(=O)c2c(Cl)cccc2Cl)CC1. The third kappa shape index (κ3) is 4.52. The second-order valence-electron chi connectivity index (χ2n) is 7.96. The van der Waals surface area contributed by atoms with Crippen LogP contribution in [0.2, 0.25) is 10.0 Å². The highest BCUT2D eigenvalue weighted by molar-refractivity contribution is 7.89. The van der Waals surface area contributed by atoms with E-state index < -0.39 is 10.0 Å². The molecule has 2 aliphatic rings. The van der Waals surface area contributed by atoms with Crippen molar-refractivity contribution in [2.45, 2.75) is 36.6 Å². The maximum Gasteiger partial charge on any atom is 0.246 e. The fourth-order valence-corrected chi connectivity index (χ4v) is 6.61. The Kier molecular flexibility index (Phi) is 6.39. The van der Waals surface area contributed by atoms with Gasteiger partial charge < -0.3 is 5.32 Å². The number of hydrogen-bond acceptors (Lipinski definition) is 3. The number of nitrogens with zero attached hydrogens (tertiary/aromatic N) is 1. The number of amides is 1. The average molecular weight is 467 g/mol. The quantitative estimate of drug-likeness (QED) is 0.672. The zero-order chi connectivity index (χ0) is 21.3. The van der Waals surface area contributed by atoms with Crippen molar-refractivity contribution < 1.29 is 13.2 Å². The van der Waals surface area contributed by atoms with E-state index in [0.29, 0.717) is 18.8 Å². The largest absolute Gasteiger partial charge is 0.349 e. The smallest absolute Gasteiger partial charge is 0.246 e. The summed E-state index contributed by atoms with van der Waals surface area (Å²) in [5, 5.41) is 3.44. The molecule has 2 aromatic rings. The van der Waals surface area contributed by atoms with Crippen LogP contribution in [0.15, 0.2) is 53.4 Å². The molecule has 0 unspecified atom stereocenters. The highest BCUT2D eigenvalue weighted by Crippen LogP contribution is 2.41. The Labute approximate surface area is 187 Å². The van der Waals surface area contributed by atoms with Crippen LogP contribution < -0.4 is 5.32 Å². The first-order valence-electron chi connectivity index (χ1n) is 10.2. The number of nitrogens with one attached hydrogen (secondary N) is 1. The third-order valence-corrected chi connectivity index (χ3v) is 8.75. The number of piperidine rings is 1. The van der Waals surface area contributed by atoms with Crippen molar-refractivity contribution in [1.29, 1.82) is 0 Å². The first-order chi connectivity index (χ1) is 14.4. The maximum absolute atomic E-state index is 13.0. The van der Waals surface area contributed by atoms with Gasteiger partial charge in [-0.25, -0.2) is 8.42 Å². The van der Waals surface area contributed by atoms with Gasteiger partial charge in [0.15, 0.2) is 0 Å². The molecule has 8 heteroatoms. The first kappa shape index (κ1) is 21.6. The molecule has 160 valence electrons. The van der Waals surface area contributed by atoms with Gasteiger partial charge in [0.25, 0.3) is 0 Å². The lowest BCUT2D eigenvalue weighted by molar-refractivity contribution is -0.127. The molecule has 1 atom stereocenters. The van der Waals surface area contributed by atoms with E-state index in [2.05, 4.69) is 5.32 Å². The molecule has 30 heavy (non-hydrogen) atoms. The minimum atomic E-state index is -3.80. The molecule has 0 radical (unpaired) electrons. The van der Waals surface area contributed by atoms with Crippen LogP contribution >= 0.6 is 23.2 Å². The zero-order valence-corrected chi connectivity index (χ0v) is 18.8. The molecule has 5 nitrogen and oxygen atoms in total. The average Bonchev–Trinajstić information content (AvgIpc) is 3.57. The van der Waals surface area contributed by atoms with E-state index in [1.54, 1.807) is 6.07 Å². The Hall–Kier alpha value is -1.60. The number of hydrogen-bond donors (Lipinski definition) is 1. The molecule has 0 spiro atoms. The molecule has 1 saturated heterocycles. The summed E-state index contributed by atoms with van der Waals surface area (Å²) in [6.45, 7) is 0.531. The predicted octanol–water partition coefficient (Wildman–Crippen LogP) is 4.66. The summed E-state index contributed by atoms with van der Waals surface area (Å²) in [7, 11) is -3.80. The summed E-state index contributed by atoms with van der Waals surface area (Å²) < 4.78 is 27.4. The van der Waals surface area contributed by atoms with Crippen LogP contribution in [0.25, 0.3) is 0 Å². The van der Waals surface area contributed by atoms with Crippen LogP contribution in [0, 0.1) is 11.8 Å². The molecule has 1 heterocycles. The monoisotopic (exact) mass is 466 g/mol. The maximum atomic E-state index is 13.0. The molecule has 1 amide bonds. The highest BCUT2D eigenvalue weighted by atomic mass is 35.5. The van der Waals surface area contributed by atoms with Crippen LogP contribution in [0.3, 0.4) is 0 Å². The van der Waals surface area contributed by atoms with Gasteiger partial charge >= 0.3 is 0 Å². The first-order valence-corrected chi connectivity index (χ1v) is 12.4. The third-order valence-electron chi connectivity index (χ3n) is 5.89. The number of halogens is 2. The van der Waals surface area contributed by atoms with Crippen LogP contribution in [-0.2, 0) is 14.8 Å². The molecule has 1 N–H and O–H groups in total. The van der Waals surface area contributed by atoms with Gasteiger partial charge in [-0.3, -0.25) is 4.79 Å². The van der Waals surface area contributed by atoms with Gasteiger partial charge in [0.1, 0.15) is 4.90 Å². The van der Waals surface area contributed by atoms with Gasteiger partial charge in [-0.2, -0.15) is 4.31 Å². The summed E-state index contributed by atoms with van der Waals surface area (Å²) in [5.74, 6) is 0.283.